The highest BCUT2D eigenvalue weighted by Gasteiger charge is 2.16. The molecule has 0 saturated carbocycles. The number of carbonyl (C=O) groups is 2. The molecule has 98 valence electrons. The molecule has 1 aromatic carbocycles. The third-order valence-corrected chi connectivity index (χ3v) is 2.28. The molecule has 0 radical (unpaired) electrons. The van der Waals surface area contributed by atoms with Crippen molar-refractivity contribution < 1.29 is 14.3 Å². The number of ether oxygens (including phenoxy) is 1. The van der Waals surface area contributed by atoms with Crippen LogP contribution in [0.5, 0.6) is 0 Å². The Morgan fingerprint density at radius 3 is 2.17 bits per heavy atom. The molecule has 0 unspecified atom stereocenters. The van der Waals surface area contributed by atoms with Gasteiger partial charge in [-0.15, -0.1) is 0 Å². The molecule has 1 N–H and O–H groups in total. The van der Waals surface area contributed by atoms with Gasteiger partial charge >= 0.3 is 5.97 Å². The van der Waals surface area contributed by atoms with Crippen LogP contribution in [0.3, 0.4) is 0 Å². The highest BCUT2D eigenvalue weighted by atomic mass is 16.5. The Labute approximate surface area is 107 Å². The van der Waals surface area contributed by atoms with Crippen LogP contribution in [0.15, 0.2) is 24.3 Å². The molecular weight excluding hydrogens is 230 g/mol. The van der Waals surface area contributed by atoms with Crippen molar-refractivity contribution in [2.45, 2.75) is 27.2 Å². The zero-order valence-electron chi connectivity index (χ0n) is 11.2. The van der Waals surface area contributed by atoms with Crippen molar-refractivity contribution in [1.29, 1.82) is 0 Å². The Hall–Kier alpha value is -1.84. The predicted octanol–water partition coefficient (Wildman–Crippen LogP) is 2.85. The summed E-state index contributed by atoms with van der Waals surface area (Å²) in [6.07, 6.45) is 0.450. The molecule has 0 fully saturated rings. The number of anilines is 1. The first kappa shape index (κ1) is 14.2. The van der Waals surface area contributed by atoms with Crippen LogP contribution in [-0.2, 0) is 9.53 Å². The standard InChI is InChI=1S/C14H19NO3/c1-14(2,3)9-12(16)15-11-7-5-10(6-8-11)13(17)18-4/h5-8H,9H2,1-4H3,(H,15,16). The summed E-state index contributed by atoms with van der Waals surface area (Å²) in [6.45, 7) is 6.02. The summed E-state index contributed by atoms with van der Waals surface area (Å²) in [5.41, 5.74) is 1.10. The van der Waals surface area contributed by atoms with Crippen molar-refractivity contribution in [2.75, 3.05) is 12.4 Å². The van der Waals surface area contributed by atoms with Gasteiger partial charge < -0.3 is 10.1 Å². The molecule has 1 rings (SSSR count). The number of carbonyl (C=O) groups excluding carboxylic acids is 2. The molecule has 0 atom stereocenters. The Kier molecular flexibility index (Phi) is 4.48. The van der Waals surface area contributed by atoms with Crippen molar-refractivity contribution >= 4 is 17.6 Å². The molecule has 0 bridgehead atoms. The summed E-state index contributed by atoms with van der Waals surface area (Å²) >= 11 is 0. The van der Waals surface area contributed by atoms with E-state index in [-0.39, 0.29) is 17.3 Å². The summed E-state index contributed by atoms with van der Waals surface area (Å²) in [5, 5.41) is 2.79. The zero-order chi connectivity index (χ0) is 13.8. The van der Waals surface area contributed by atoms with Gasteiger partial charge in [-0.2, -0.15) is 0 Å². The van der Waals surface area contributed by atoms with Crippen molar-refractivity contribution in [1.82, 2.24) is 0 Å². The number of hydrogen-bond donors (Lipinski definition) is 1. The molecule has 18 heavy (non-hydrogen) atoms. The minimum absolute atomic E-state index is 0.0340. The lowest BCUT2D eigenvalue weighted by molar-refractivity contribution is -0.117. The summed E-state index contributed by atoms with van der Waals surface area (Å²) in [7, 11) is 1.33. The van der Waals surface area contributed by atoms with E-state index in [1.165, 1.54) is 7.11 Å². The Morgan fingerprint density at radius 1 is 1.17 bits per heavy atom. The Morgan fingerprint density at radius 2 is 1.72 bits per heavy atom. The minimum atomic E-state index is -0.387. The first-order valence-electron chi connectivity index (χ1n) is 5.80. The third kappa shape index (κ3) is 4.57. The van der Waals surface area contributed by atoms with Crippen LogP contribution in [0.1, 0.15) is 37.6 Å². The van der Waals surface area contributed by atoms with Gasteiger partial charge in [-0.1, -0.05) is 20.8 Å². The molecule has 0 heterocycles. The van der Waals surface area contributed by atoms with Crippen LogP contribution in [0.2, 0.25) is 0 Å². The molecule has 4 nitrogen and oxygen atoms in total. The van der Waals surface area contributed by atoms with E-state index in [1.54, 1.807) is 24.3 Å². The molecule has 1 amide bonds. The first-order chi connectivity index (χ1) is 8.31. The van der Waals surface area contributed by atoms with Crippen molar-refractivity contribution in [3.8, 4) is 0 Å². The van der Waals surface area contributed by atoms with Gasteiger partial charge in [-0.05, 0) is 29.7 Å². The molecule has 0 aliphatic rings. The zero-order valence-corrected chi connectivity index (χ0v) is 11.2. The number of methoxy groups -OCH3 is 1. The fraction of sp³-hybridized carbons (Fsp3) is 0.429. The molecular formula is C14H19NO3. The normalized spacial score (nSPS) is 10.9. The van der Waals surface area contributed by atoms with E-state index in [9.17, 15) is 9.59 Å². The molecule has 1 aromatic rings. The molecule has 0 spiro atoms. The van der Waals surface area contributed by atoms with E-state index in [0.29, 0.717) is 17.7 Å². The molecule has 0 saturated heterocycles. The number of hydrogen-bond acceptors (Lipinski definition) is 3. The monoisotopic (exact) mass is 249 g/mol. The summed E-state index contributed by atoms with van der Waals surface area (Å²) in [6, 6.07) is 6.62. The lowest BCUT2D eigenvalue weighted by atomic mass is 9.92. The smallest absolute Gasteiger partial charge is 0.337 e. The molecule has 0 aromatic heterocycles. The van der Waals surface area contributed by atoms with Gasteiger partial charge in [0, 0.05) is 12.1 Å². The lowest BCUT2D eigenvalue weighted by Gasteiger charge is -2.17. The maximum absolute atomic E-state index is 11.7. The molecule has 4 heteroatoms. The quantitative estimate of drug-likeness (QED) is 0.838. The summed E-state index contributed by atoms with van der Waals surface area (Å²) in [5.74, 6) is -0.420. The molecule has 0 aliphatic heterocycles. The fourth-order valence-corrected chi connectivity index (χ4v) is 1.49. The number of benzene rings is 1. The van der Waals surface area contributed by atoms with Crippen LogP contribution in [0, 0.1) is 5.41 Å². The third-order valence-electron chi connectivity index (χ3n) is 2.28. The first-order valence-corrected chi connectivity index (χ1v) is 5.80. The van der Waals surface area contributed by atoms with Gasteiger partial charge in [-0.3, -0.25) is 4.79 Å². The van der Waals surface area contributed by atoms with Gasteiger partial charge in [0.1, 0.15) is 0 Å². The Bertz CT molecular complexity index is 429. The number of nitrogens with one attached hydrogen (secondary N) is 1. The van der Waals surface area contributed by atoms with Crippen molar-refractivity contribution in [3.63, 3.8) is 0 Å². The van der Waals surface area contributed by atoms with E-state index < -0.39 is 0 Å². The van der Waals surface area contributed by atoms with E-state index in [0.717, 1.165) is 0 Å². The van der Waals surface area contributed by atoms with E-state index in [1.807, 2.05) is 20.8 Å². The second kappa shape index (κ2) is 5.67. The Balaban J connectivity index is 2.64. The minimum Gasteiger partial charge on any atom is -0.465 e. The topological polar surface area (TPSA) is 55.4 Å². The van der Waals surface area contributed by atoms with E-state index in [2.05, 4.69) is 10.1 Å². The van der Waals surface area contributed by atoms with Gasteiger partial charge in [0.05, 0.1) is 12.7 Å². The lowest BCUT2D eigenvalue weighted by Crippen LogP contribution is -2.19. The number of amides is 1. The van der Waals surface area contributed by atoms with Gasteiger partial charge in [0.25, 0.3) is 0 Å². The van der Waals surface area contributed by atoms with Gasteiger partial charge in [0.15, 0.2) is 0 Å². The van der Waals surface area contributed by atoms with Crippen LogP contribution in [0.4, 0.5) is 5.69 Å². The van der Waals surface area contributed by atoms with Crippen molar-refractivity contribution in [2.24, 2.45) is 5.41 Å². The maximum Gasteiger partial charge on any atom is 0.337 e. The SMILES string of the molecule is COC(=O)c1ccc(NC(=O)CC(C)(C)C)cc1. The van der Waals surface area contributed by atoms with Crippen LogP contribution >= 0.6 is 0 Å². The van der Waals surface area contributed by atoms with E-state index in [4.69, 9.17) is 0 Å². The summed E-state index contributed by atoms with van der Waals surface area (Å²) in [4.78, 5) is 22.9. The van der Waals surface area contributed by atoms with Crippen molar-refractivity contribution in [3.05, 3.63) is 29.8 Å². The highest BCUT2D eigenvalue weighted by molar-refractivity contribution is 5.93. The predicted molar refractivity (Wildman–Crippen MR) is 70.5 cm³/mol. The molecule has 0 aliphatic carbocycles. The second-order valence-electron chi connectivity index (χ2n) is 5.35. The number of rotatable bonds is 3. The van der Waals surface area contributed by atoms with Crippen LogP contribution in [0.25, 0.3) is 0 Å². The second-order valence-corrected chi connectivity index (χ2v) is 5.35. The van der Waals surface area contributed by atoms with Crippen LogP contribution < -0.4 is 5.32 Å². The average Bonchev–Trinajstić information content (AvgIpc) is 2.26. The van der Waals surface area contributed by atoms with Gasteiger partial charge in [-0.25, -0.2) is 4.79 Å². The highest BCUT2D eigenvalue weighted by Crippen LogP contribution is 2.19. The van der Waals surface area contributed by atoms with Gasteiger partial charge in [0.2, 0.25) is 5.91 Å². The van der Waals surface area contributed by atoms with E-state index >= 15 is 0 Å². The largest absolute Gasteiger partial charge is 0.465 e. The van der Waals surface area contributed by atoms with Crippen LogP contribution in [-0.4, -0.2) is 19.0 Å². The fourth-order valence-electron chi connectivity index (χ4n) is 1.49. The number of esters is 1. The summed E-state index contributed by atoms with van der Waals surface area (Å²) < 4.78 is 4.60. The average molecular weight is 249 g/mol. The maximum atomic E-state index is 11.7.